The summed E-state index contributed by atoms with van der Waals surface area (Å²) in [5.74, 6) is -0.223. The molecule has 0 radical (unpaired) electrons. The van der Waals surface area contributed by atoms with Crippen molar-refractivity contribution in [1.29, 1.82) is 0 Å². The molecule has 296 valence electrons. The summed E-state index contributed by atoms with van der Waals surface area (Å²) in [7, 11) is 0. The molecule has 0 heterocycles. The van der Waals surface area contributed by atoms with Crippen LogP contribution in [0.15, 0.2) is 140 Å². The number of benzene rings is 7. The summed E-state index contributed by atoms with van der Waals surface area (Å²) >= 11 is 0. The monoisotopic (exact) mass is 785 g/mol. The van der Waals surface area contributed by atoms with Gasteiger partial charge in [0, 0.05) is 44.8 Å². The van der Waals surface area contributed by atoms with Crippen molar-refractivity contribution in [2.75, 3.05) is 4.90 Å². The van der Waals surface area contributed by atoms with Crippen LogP contribution in [0.1, 0.15) is 99.6 Å². The fourth-order valence-corrected chi connectivity index (χ4v) is 12.5. The number of nitrogens with zero attached hydrogens (tertiary/aromatic N) is 1. The SMILES string of the molecule is CC1(C)c2ccccc2-c2ccc(N(c3ccc4c(c3)C(C)(C)c3cc(-c5ccccc5)ccc3-4)c3cccc4c3-c3cc(F)cc(F)c3C4(C3CCC3)C3CCC3)cc21. The fourth-order valence-electron chi connectivity index (χ4n) is 12.5. The summed E-state index contributed by atoms with van der Waals surface area (Å²) in [6, 6.07) is 49.8. The third kappa shape index (κ3) is 4.72. The largest absolute Gasteiger partial charge is 0.310 e. The first-order valence-corrected chi connectivity index (χ1v) is 22.1. The van der Waals surface area contributed by atoms with Crippen LogP contribution in [0.25, 0.3) is 44.5 Å². The van der Waals surface area contributed by atoms with Crippen LogP contribution >= 0.6 is 0 Å². The molecule has 1 nitrogen and oxygen atoms in total. The maximum atomic E-state index is 16.8. The highest BCUT2D eigenvalue weighted by atomic mass is 19.1. The molecule has 0 aromatic heterocycles. The van der Waals surface area contributed by atoms with Crippen molar-refractivity contribution in [2.45, 2.75) is 82.5 Å². The summed E-state index contributed by atoms with van der Waals surface area (Å²) in [6.45, 7) is 9.36. The van der Waals surface area contributed by atoms with Crippen LogP contribution in [0.3, 0.4) is 0 Å². The maximum Gasteiger partial charge on any atom is 0.130 e. The second-order valence-electron chi connectivity index (χ2n) is 19.4. The fraction of sp³-hybridized carbons (Fsp3) is 0.263. The van der Waals surface area contributed by atoms with Gasteiger partial charge in [-0.05, 0) is 147 Å². The van der Waals surface area contributed by atoms with E-state index < -0.39 is 11.2 Å². The molecule has 7 aromatic carbocycles. The molecule has 7 aromatic rings. The van der Waals surface area contributed by atoms with Crippen LogP contribution in [0.5, 0.6) is 0 Å². The first kappa shape index (κ1) is 36.1. The molecule has 0 saturated heterocycles. The van der Waals surface area contributed by atoms with E-state index in [-0.39, 0.29) is 16.6 Å². The molecule has 3 heteroatoms. The highest BCUT2D eigenvalue weighted by Crippen LogP contribution is 2.67. The minimum Gasteiger partial charge on any atom is -0.310 e. The highest BCUT2D eigenvalue weighted by molar-refractivity contribution is 5.97. The van der Waals surface area contributed by atoms with E-state index in [4.69, 9.17) is 0 Å². The number of hydrogen-bond donors (Lipinski definition) is 0. The van der Waals surface area contributed by atoms with E-state index in [2.05, 4.69) is 160 Å². The molecule has 0 spiro atoms. The standard InChI is InChI=1S/C57H49F2N/c1-55(2)46-20-9-8-19-41(46)43-27-24-39(32-49(43)55)60(40-25-28-44-42-26-23-35(34-13-6-5-7-14-34)29-48(42)56(3,4)50(44)33-40)52-22-12-21-47-53(52)45-30-38(58)31-51(59)54(45)57(47,36-15-10-16-36)37-17-11-18-37/h5-9,12-14,19-33,36-37H,10-11,15-18H2,1-4H3. The van der Waals surface area contributed by atoms with E-state index >= 15 is 8.78 Å². The Hall–Kier alpha value is -5.80. The van der Waals surface area contributed by atoms with Gasteiger partial charge in [0.1, 0.15) is 11.6 Å². The second kappa shape index (κ2) is 12.6. The first-order chi connectivity index (χ1) is 29.1. The number of halogens is 2. The summed E-state index contributed by atoms with van der Waals surface area (Å²) in [5, 5.41) is 0. The van der Waals surface area contributed by atoms with Crippen molar-refractivity contribution >= 4 is 17.1 Å². The van der Waals surface area contributed by atoms with Crippen LogP contribution in [-0.4, -0.2) is 0 Å². The van der Waals surface area contributed by atoms with Crippen LogP contribution in [0, 0.1) is 23.5 Å². The van der Waals surface area contributed by atoms with Crippen LogP contribution in [0.4, 0.5) is 25.8 Å². The lowest BCUT2D eigenvalue weighted by atomic mass is 9.51. The Balaban J connectivity index is 1.10. The summed E-state index contributed by atoms with van der Waals surface area (Å²) in [6.07, 6.45) is 6.62. The third-order valence-electron chi connectivity index (χ3n) is 15.8. The molecule has 0 bridgehead atoms. The van der Waals surface area contributed by atoms with Crippen molar-refractivity contribution < 1.29 is 8.78 Å². The van der Waals surface area contributed by atoms with Crippen molar-refractivity contribution in [3.8, 4) is 44.5 Å². The van der Waals surface area contributed by atoms with Gasteiger partial charge in [-0.15, -0.1) is 0 Å². The lowest BCUT2D eigenvalue weighted by Crippen LogP contribution is -2.48. The Morgan fingerprint density at radius 3 is 1.65 bits per heavy atom. The zero-order valence-electron chi connectivity index (χ0n) is 34.9. The molecule has 0 unspecified atom stereocenters. The molecule has 60 heavy (non-hydrogen) atoms. The van der Waals surface area contributed by atoms with Crippen LogP contribution in [0.2, 0.25) is 0 Å². The molecule has 5 aliphatic rings. The quantitative estimate of drug-likeness (QED) is 0.162. The van der Waals surface area contributed by atoms with E-state index in [9.17, 15) is 0 Å². The normalized spacial score (nSPS) is 18.4. The highest BCUT2D eigenvalue weighted by Gasteiger charge is 2.58. The van der Waals surface area contributed by atoms with Gasteiger partial charge in [0.2, 0.25) is 0 Å². The average Bonchev–Trinajstić information content (AvgIpc) is 3.71. The van der Waals surface area contributed by atoms with E-state index in [1.165, 1.54) is 61.2 Å². The average molecular weight is 786 g/mol. The Kier molecular flexibility index (Phi) is 7.59. The van der Waals surface area contributed by atoms with Gasteiger partial charge in [-0.3, -0.25) is 0 Å². The van der Waals surface area contributed by atoms with E-state index in [1.807, 2.05) is 0 Å². The third-order valence-corrected chi connectivity index (χ3v) is 15.8. The Morgan fingerprint density at radius 2 is 1.02 bits per heavy atom. The Bertz CT molecular complexity index is 2910. The Morgan fingerprint density at radius 1 is 0.467 bits per heavy atom. The number of anilines is 3. The van der Waals surface area contributed by atoms with Crippen LogP contribution < -0.4 is 4.90 Å². The van der Waals surface area contributed by atoms with Crippen LogP contribution in [-0.2, 0) is 16.2 Å². The molecule has 0 atom stereocenters. The van der Waals surface area contributed by atoms with Gasteiger partial charge in [-0.2, -0.15) is 0 Å². The van der Waals surface area contributed by atoms with Gasteiger partial charge in [0.15, 0.2) is 0 Å². The van der Waals surface area contributed by atoms with Gasteiger partial charge < -0.3 is 4.90 Å². The molecule has 2 fully saturated rings. The molecule has 0 amide bonds. The molecule has 2 saturated carbocycles. The van der Waals surface area contributed by atoms with E-state index in [0.717, 1.165) is 78.3 Å². The predicted octanol–water partition coefficient (Wildman–Crippen LogP) is 15.6. The maximum absolute atomic E-state index is 16.8. The lowest BCUT2D eigenvalue weighted by Gasteiger charge is -2.52. The molecule has 0 aliphatic heterocycles. The molecular weight excluding hydrogens is 737 g/mol. The predicted molar refractivity (Wildman–Crippen MR) is 243 cm³/mol. The number of hydrogen-bond acceptors (Lipinski definition) is 1. The van der Waals surface area contributed by atoms with Crippen molar-refractivity contribution in [3.05, 3.63) is 185 Å². The minimum atomic E-state index is -0.513. The van der Waals surface area contributed by atoms with Crippen molar-refractivity contribution in [1.82, 2.24) is 0 Å². The summed E-state index contributed by atoms with van der Waals surface area (Å²) in [4.78, 5) is 2.41. The first-order valence-electron chi connectivity index (χ1n) is 22.1. The lowest BCUT2D eigenvalue weighted by molar-refractivity contribution is 0.0844. The van der Waals surface area contributed by atoms with Gasteiger partial charge in [0.05, 0.1) is 5.69 Å². The van der Waals surface area contributed by atoms with E-state index in [0.29, 0.717) is 11.8 Å². The van der Waals surface area contributed by atoms with Crippen molar-refractivity contribution in [2.24, 2.45) is 11.8 Å². The van der Waals surface area contributed by atoms with Gasteiger partial charge in [0.25, 0.3) is 0 Å². The topological polar surface area (TPSA) is 3.24 Å². The molecular formula is C57H49F2N. The number of fused-ring (bicyclic) bond motifs is 9. The Labute approximate surface area is 352 Å². The van der Waals surface area contributed by atoms with Gasteiger partial charge >= 0.3 is 0 Å². The zero-order chi connectivity index (χ0) is 40.7. The van der Waals surface area contributed by atoms with Crippen molar-refractivity contribution in [3.63, 3.8) is 0 Å². The van der Waals surface area contributed by atoms with Gasteiger partial charge in [-0.25, -0.2) is 8.78 Å². The number of rotatable bonds is 6. The second-order valence-corrected chi connectivity index (χ2v) is 19.4. The smallest absolute Gasteiger partial charge is 0.130 e. The minimum absolute atomic E-state index is 0.202. The summed E-state index contributed by atoms with van der Waals surface area (Å²) in [5.41, 5.74) is 18.5. The van der Waals surface area contributed by atoms with Gasteiger partial charge in [-0.1, -0.05) is 132 Å². The molecule has 0 N–H and O–H groups in total. The molecule has 12 rings (SSSR count). The summed E-state index contributed by atoms with van der Waals surface area (Å²) < 4.78 is 32.6. The molecule has 5 aliphatic carbocycles. The van der Waals surface area contributed by atoms with E-state index in [1.54, 1.807) is 6.07 Å². The zero-order valence-corrected chi connectivity index (χ0v) is 34.9.